The second-order valence-corrected chi connectivity index (χ2v) is 11.6. The first-order chi connectivity index (χ1) is 14.4. The van der Waals surface area contributed by atoms with Crippen LogP contribution in [0.15, 0.2) is 64.9 Å². The van der Waals surface area contributed by atoms with Gasteiger partial charge in [0.15, 0.2) is 15.6 Å². The molecule has 2 aromatic carbocycles. The van der Waals surface area contributed by atoms with Crippen LogP contribution >= 0.6 is 11.3 Å². The van der Waals surface area contributed by atoms with Gasteiger partial charge in [0.2, 0.25) is 0 Å². The Bertz CT molecular complexity index is 1140. The summed E-state index contributed by atoms with van der Waals surface area (Å²) in [5.74, 6) is 0.0697. The zero-order valence-corrected chi connectivity index (χ0v) is 18.8. The van der Waals surface area contributed by atoms with Gasteiger partial charge in [-0.2, -0.15) is 0 Å². The van der Waals surface area contributed by atoms with Crippen molar-refractivity contribution in [1.82, 2.24) is 0 Å². The van der Waals surface area contributed by atoms with E-state index in [1.165, 1.54) is 11.3 Å². The van der Waals surface area contributed by atoms with Crippen LogP contribution in [0, 0.1) is 0 Å². The van der Waals surface area contributed by atoms with Crippen LogP contribution in [0.4, 0.5) is 0 Å². The number of ketones is 1. The van der Waals surface area contributed by atoms with Crippen molar-refractivity contribution in [2.75, 3.05) is 0 Å². The maximum absolute atomic E-state index is 13.0. The summed E-state index contributed by atoms with van der Waals surface area (Å²) < 4.78 is 26.5. The highest BCUT2D eigenvalue weighted by molar-refractivity contribution is 7.94. The van der Waals surface area contributed by atoms with Gasteiger partial charge in [-0.15, -0.1) is 11.3 Å². The first-order valence-corrected chi connectivity index (χ1v) is 12.8. The number of sulfone groups is 1. The number of carbonyl (C=O) groups is 1. The molecule has 1 aliphatic carbocycles. The van der Waals surface area contributed by atoms with Gasteiger partial charge in [0.05, 0.1) is 5.25 Å². The Labute approximate surface area is 182 Å². The Morgan fingerprint density at radius 1 is 0.933 bits per heavy atom. The summed E-state index contributed by atoms with van der Waals surface area (Å²) in [6.07, 6.45) is 5.51. The second kappa shape index (κ2) is 8.86. The Morgan fingerprint density at radius 3 is 2.37 bits per heavy atom. The predicted octanol–water partition coefficient (Wildman–Crippen LogP) is 6.31. The van der Waals surface area contributed by atoms with Gasteiger partial charge in [0.25, 0.3) is 0 Å². The van der Waals surface area contributed by atoms with Gasteiger partial charge >= 0.3 is 0 Å². The molecule has 1 heterocycles. The van der Waals surface area contributed by atoms with Crippen LogP contribution in [0.1, 0.15) is 60.5 Å². The summed E-state index contributed by atoms with van der Waals surface area (Å²) in [6, 6.07) is 19.7. The van der Waals surface area contributed by atoms with E-state index in [9.17, 15) is 13.2 Å². The van der Waals surface area contributed by atoms with Crippen LogP contribution in [0.3, 0.4) is 0 Å². The van der Waals surface area contributed by atoms with Crippen LogP contribution in [0.2, 0.25) is 0 Å². The van der Waals surface area contributed by atoms with Crippen LogP contribution in [-0.2, 0) is 16.3 Å². The molecule has 5 heteroatoms. The average Bonchev–Trinajstić information content (AvgIpc) is 3.26. The minimum absolute atomic E-state index is 0.0697. The molecule has 1 aromatic heterocycles. The highest BCUT2D eigenvalue weighted by Gasteiger charge is 2.30. The zero-order valence-electron chi connectivity index (χ0n) is 17.1. The van der Waals surface area contributed by atoms with E-state index in [1.807, 2.05) is 42.5 Å². The van der Waals surface area contributed by atoms with Gasteiger partial charge in [0, 0.05) is 10.4 Å². The van der Waals surface area contributed by atoms with E-state index in [2.05, 4.69) is 12.1 Å². The number of benzene rings is 2. The number of thiophene rings is 1. The number of carbonyl (C=O) groups excluding carboxylic acids is 1. The molecular weight excluding hydrogens is 412 g/mol. The first-order valence-electron chi connectivity index (χ1n) is 10.5. The van der Waals surface area contributed by atoms with E-state index < -0.39 is 9.84 Å². The van der Waals surface area contributed by atoms with Crippen LogP contribution < -0.4 is 0 Å². The van der Waals surface area contributed by atoms with Crippen molar-refractivity contribution >= 4 is 27.0 Å². The van der Waals surface area contributed by atoms with Crippen molar-refractivity contribution in [2.45, 2.75) is 54.9 Å². The quantitative estimate of drug-likeness (QED) is 0.423. The van der Waals surface area contributed by atoms with Crippen molar-refractivity contribution in [3.63, 3.8) is 0 Å². The van der Waals surface area contributed by atoms with Crippen molar-refractivity contribution in [1.29, 1.82) is 0 Å². The number of hydrogen-bond acceptors (Lipinski definition) is 4. The zero-order chi connectivity index (χ0) is 21.1. The lowest BCUT2D eigenvalue weighted by Crippen LogP contribution is -2.23. The predicted molar refractivity (Wildman–Crippen MR) is 123 cm³/mol. The summed E-state index contributed by atoms with van der Waals surface area (Å²) >= 11 is 1.38. The standard InChI is InChI=1S/C25H26O3S2/c1-18(26)21-12-10-19(11-13-21)16-20-6-5-7-22(17-20)24-14-15-25(29-24)30(27,28)23-8-3-2-4-9-23/h5-7,10-15,17,23H,2-4,8-9,16H2,1H3. The molecule has 0 aliphatic heterocycles. The van der Waals surface area contributed by atoms with Crippen molar-refractivity contribution in [3.05, 3.63) is 77.4 Å². The molecule has 1 aliphatic rings. The Hall–Kier alpha value is -2.24. The third-order valence-electron chi connectivity index (χ3n) is 5.83. The lowest BCUT2D eigenvalue weighted by atomic mass is 10.0. The average molecular weight is 439 g/mol. The molecular formula is C25H26O3S2. The molecule has 1 fully saturated rings. The molecule has 30 heavy (non-hydrogen) atoms. The summed E-state index contributed by atoms with van der Waals surface area (Å²) in [4.78, 5) is 12.4. The van der Waals surface area contributed by atoms with E-state index in [0.717, 1.165) is 65.7 Å². The van der Waals surface area contributed by atoms with Gasteiger partial charge < -0.3 is 0 Å². The SMILES string of the molecule is CC(=O)c1ccc(Cc2cccc(-c3ccc(S(=O)(=O)C4CCCCC4)s3)c2)cc1. The summed E-state index contributed by atoms with van der Waals surface area (Å²) in [5.41, 5.74) is 4.07. The molecule has 0 bridgehead atoms. The number of rotatable bonds is 6. The monoisotopic (exact) mass is 438 g/mol. The molecule has 3 nitrogen and oxygen atoms in total. The Morgan fingerprint density at radius 2 is 1.67 bits per heavy atom. The normalized spacial score (nSPS) is 15.2. The number of Topliss-reactive ketones (excluding diaryl/α,β-unsaturated/α-hetero) is 1. The Kier molecular flexibility index (Phi) is 6.21. The molecule has 0 saturated heterocycles. The fraction of sp³-hybridized carbons (Fsp3) is 0.320. The minimum atomic E-state index is -3.23. The molecule has 0 atom stereocenters. The maximum Gasteiger partial charge on any atom is 0.190 e. The van der Waals surface area contributed by atoms with E-state index >= 15 is 0 Å². The highest BCUT2D eigenvalue weighted by Crippen LogP contribution is 2.36. The van der Waals surface area contributed by atoms with E-state index in [0.29, 0.717) is 4.21 Å². The van der Waals surface area contributed by atoms with Crippen LogP contribution in [0.25, 0.3) is 10.4 Å². The van der Waals surface area contributed by atoms with E-state index in [-0.39, 0.29) is 11.0 Å². The van der Waals surface area contributed by atoms with Crippen molar-refractivity contribution in [3.8, 4) is 10.4 Å². The van der Waals surface area contributed by atoms with E-state index in [4.69, 9.17) is 0 Å². The topological polar surface area (TPSA) is 51.2 Å². The van der Waals surface area contributed by atoms with Gasteiger partial charge in [-0.1, -0.05) is 67.8 Å². The molecule has 0 N–H and O–H groups in total. The summed E-state index contributed by atoms with van der Waals surface area (Å²) in [7, 11) is -3.23. The maximum atomic E-state index is 13.0. The molecule has 3 aromatic rings. The molecule has 0 radical (unpaired) electrons. The third kappa shape index (κ3) is 4.57. The van der Waals surface area contributed by atoms with Crippen molar-refractivity contribution in [2.24, 2.45) is 0 Å². The largest absolute Gasteiger partial charge is 0.295 e. The minimum Gasteiger partial charge on any atom is -0.295 e. The second-order valence-electron chi connectivity index (χ2n) is 8.05. The molecule has 0 unspecified atom stereocenters. The first kappa shape index (κ1) is 21.0. The summed E-state index contributed by atoms with van der Waals surface area (Å²) in [5, 5.41) is -0.220. The molecule has 156 valence electrons. The fourth-order valence-corrected chi connectivity index (χ4v) is 7.51. The van der Waals surface area contributed by atoms with Gasteiger partial charge in [-0.3, -0.25) is 4.79 Å². The summed E-state index contributed by atoms with van der Waals surface area (Å²) in [6.45, 7) is 1.57. The Balaban J connectivity index is 1.53. The fourth-order valence-electron chi connectivity index (χ4n) is 4.10. The highest BCUT2D eigenvalue weighted by atomic mass is 32.2. The van der Waals surface area contributed by atoms with Gasteiger partial charge in [-0.05, 0) is 55.0 Å². The lowest BCUT2D eigenvalue weighted by molar-refractivity contribution is 0.101. The third-order valence-corrected chi connectivity index (χ3v) is 9.75. The van der Waals surface area contributed by atoms with Gasteiger partial charge in [0.1, 0.15) is 4.21 Å². The van der Waals surface area contributed by atoms with Crippen LogP contribution in [-0.4, -0.2) is 19.5 Å². The molecule has 4 rings (SSSR count). The smallest absolute Gasteiger partial charge is 0.190 e. The number of hydrogen-bond donors (Lipinski definition) is 0. The van der Waals surface area contributed by atoms with Crippen molar-refractivity contribution < 1.29 is 13.2 Å². The molecule has 0 amide bonds. The van der Waals surface area contributed by atoms with Gasteiger partial charge in [-0.25, -0.2) is 8.42 Å². The van der Waals surface area contributed by atoms with E-state index in [1.54, 1.807) is 13.0 Å². The molecule has 0 spiro atoms. The van der Waals surface area contributed by atoms with Crippen LogP contribution in [0.5, 0.6) is 0 Å². The molecule has 1 saturated carbocycles. The lowest BCUT2D eigenvalue weighted by Gasteiger charge is -2.20.